The molecule has 0 aliphatic heterocycles. The first-order valence-corrected chi connectivity index (χ1v) is 5.62. The molecule has 0 N–H and O–H groups in total. The van der Waals surface area contributed by atoms with Crippen molar-refractivity contribution in [2.45, 2.75) is 6.92 Å². The summed E-state index contributed by atoms with van der Waals surface area (Å²) >= 11 is 0. The van der Waals surface area contributed by atoms with Gasteiger partial charge in [-0.1, -0.05) is 43.0 Å². The molecule has 0 saturated heterocycles. The molecule has 0 saturated carbocycles. The molecular weight excluding hydrogens is 208 g/mol. The van der Waals surface area contributed by atoms with Gasteiger partial charge in [-0.15, -0.1) is 0 Å². The van der Waals surface area contributed by atoms with Crippen LogP contribution >= 0.6 is 0 Å². The van der Waals surface area contributed by atoms with Crippen LogP contribution in [-0.4, -0.2) is 7.11 Å². The molecule has 0 atom stereocenters. The Labute approximate surface area is 102 Å². The highest BCUT2D eigenvalue weighted by molar-refractivity contribution is 5.69. The molecule has 0 aliphatic carbocycles. The molecule has 2 rings (SSSR count). The van der Waals surface area contributed by atoms with Gasteiger partial charge in [-0.3, -0.25) is 0 Å². The van der Waals surface area contributed by atoms with Crippen molar-refractivity contribution in [3.8, 4) is 16.9 Å². The van der Waals surface area contributed by atoms with E-state index < -0.39 is 0 Å². The number of rotatable bonds is 3. The summed E-state index contributed by atoms with van der Waals surface area (Å²) in [5.74, 6) is 0.883. The van der Waals surface area contributed by atoms with E-state index in [0.717, 1.165) is 11.3 Å². The van der Waals surface area contributed by atoms with Gasteiger partial charge in [-0.05, 0) is 41.3 Å². The Bertz CT molecular complexity index is 524. The number of hydrogen-bond acceptors (Lipinski definition) is 1. The van der Waals surface area contributed by atoms with Crippen molar-refractivity contribution in [1.82, 2.24) is 0 Å². The van der Waals surface area contributed by atoms with E-state index in [-0.39, 0.29) is 0 Å². The fourth-order valence-corrected chi connectivity index (χ4v) is 1.91. The third kappa shape index (κ3) is 2.39. The first-order valence-electron chi connectivity index (χ1n) is 5.62. The van der Waals surface area contributed by atoms with E-state index in [2.05, 4.69) is 43.8 Å². The third-order valence-corrected chi connectivity index (χ3v) is 2.89. The number of aryl methyl sites for hydroxylation is 1. The summed E-state index contributed by atoms with van der Waals surface area (Å²) in [6, 6.07) is 14.5. The van der Waals surface area contributed by atoms with Crippen LogP contribution in [0.25, 0.3) is 17.2 Å². The fourth-order valence-electron chi connectivity index (χ4n) is 1.91. The van der Waals surface area contributed by atoms with Crippen molar-refractivity contribution >= 4 is 6.08 Å². The van der Waals surface area contributed by atoms with E-state index in [9.17, 15) is 0 Å². The summed E-state index contributed by atoms with van der Waals surface area (Å²) in [6.07, 6.45) is 1.87. The number of benzene rings is 2. The second-order valence-electron chi connectivity index (χ2n) is 4.01. The third-order valence-electron chi connectivity index (χ3n) is 2.89. The zero-order chi connectivity index (χ0) is 12.3. The van der Waals surface area contributed by atoms with Gasteiger partial charge in [0, 0.05) is 0 Å². The van der Waals surface area contributed by atoms with Crippen LogP contribution in [0.5, 0.6) is 5.75 Å². The predicted molar refractivity (Wildman–Crippen MR) is 73.3 cm³/mol. The van der Waals surface area contributed by atoms with Crippen LogP contribution in [0.15, 0.2) is 49.0 Å². The van der Waals surface area contributed by atoms with Gasteiger partial charge < -0.3 is 4.74 Å². The van der Waals surface area contributed by atoms with Crippen molar-refractivity contribution in [3.63, 3.8) is 0 Å². The molecule has 0 unspecified atom stereocenters. The summed E-state index contributed by atoms with van der Waals surface area (Å²) in [5.41, 5.74) is 4.87. The van der Waals surface area contributed by atoms with Crippen LogP contribution in [0.2, 0.25) is 0 Å². The minimum absolute atomic E-state index is 0.883. The monoisotopic (exact) mass is 224 g/mol. The van der Waals surface area contributed by atoms with E-state index >= 15 is 0 Å². The Kier molecular flexibility index (Phi) is 3.29. The minimum Gasteiger partial charge on any atom is -0.497 e. The fraction of sp³-hybridized carbons (Fsp3) is 0.125. The maximum atomic E-state index is 5.16. The molecule has 0 amide bonds. The molecule has 0 aromatic heterocycles. The molecule has 0 spiro atoms. The van der Waals surface area contributed by atoms with Crippen LogP contribution in [0.4, 0.5) is 0 Å². The molecule has 1 nitrogen and oxygen atoms in total. The van der Waals surface area contributed by atoms with E-state index in [1.807, 2.05) is 18.2 Å². The highest BCUT2D eigenvalue weighted by Gasteiger charge is 2.02. The van der Waals surface area contributed by atoms with Gasteiger partial charge in [0.05, 0.1) is 7.11 Å². The van der Waals surface area contributed by atoms with E-state index in [1.54, 1.807) is 7.11 Å². The zero-order valence-electron chi connectivity index (χ0n) is 10.2. The smallest absolute Gasteiger partial charge is 0.118 e. The lowest BCUT2D eigenvalue weighted by Gasteiger charge is -2.08. The van der Waals surface area contributed by atoms with Crippen molar-refractivity contribution < 1.29 is 4.74 Å². The van der Waals surface area contributed by atoms with Crippen LogP contribution in [0, 0.1) is 6.92 Å². The predicted octanol–water partition coefficient (Wildman–Crippen LogP) is 4.31. The van der Waals surface area contributed by atoms with Crippen molar-refractivity contribution in [2.24, 2.45) is 0 Å². The van der Waals surface area contributed by atoms with Crippen molar-refractivity contribution in [2.75, 3.05) is 7.11 Å². The lowest BCUT2D eigenvalue weighted by atomic mass is 9.98. The molecule has 0 heterocycles. The summed E-state index contributed by atoms with van der Waals surface area (Å²) in [4.78, 5) is 0. The highest BCUT2D eigenvalue weighted by Crippen LogP contribution is 2.26. The van der Waals surface area contributed by atoms with Crippen molar-refractivity contribution in [3.05, 3.63) is 60.2 Å². The molecule has 0 radical (unpaired) electrons. The van der Waals surface area contributed by atoms with Gasteiger partial charge >= 0.3 is 0 Å². The maximum Gasteiger partial charge on any atom is 0.118 e. The van der Waals surface area contributed by atoms with E-state index in [0.29, 0.717) is 0 Å². The van der Waals surface area contributed by atoms with Crippen LogP contribution in [0.1, 0.15) is 11.1 Å². The summed E-state index contributed by atoms with van der Waals surface area (Å²) in [5, 5.41) is 0. The van der Waals surface area contributed by atoms with Gasteiger partial charge in [-0.2, -0.15) is 0 Å². The average Bonchev–Trinajstić information content (AvgIpc) is 2.39. The summed E-state index contributed by atoms with van der Waals surface area (Å²) in [7, 11) is 1.68. The zero-order valence-corrected chi connectivity index (χ0v) is 10.2. The topological polar surface area (TPSA) is 9.23 Å². The standard InChI is InChI=1S/C16H16O/c1-4-13-5-10-16(12(2)11-13)14-6-8-15(17-3)9-7-14/h4-11H,1H2,2-3H3. The molecule has 0 fully saturated rings. The number of hydrogen-bond donors (Lipinski definition) is 0. The molecule has 1 heteroatoms. The first kappa shape index (κ1) is 11.5. The summed E-state index contributed by atoms with van der Waals surface area (Å²) < 4.78 is 5.16. The second kappa shape index (κ2) is 4.88. The Morgan fingerprint density at radius 2 is 1.76 bits per heavy atom. The largest absolute Gasteiger partial charge is 0.497 e. The molecule has 2 aromatic carbocycles. The number of methoxy groups -OCH3 is 1. The molecule has 2 aromatic rings. The Morgan fingerprint density at radius 1 is 1.06 bits per heavy atom. The van der Waals surface area contributed by atoms with Gasteiger partial charge in [0.1, 0.15) is 5.75 Å². The Morgan fingerprint density at radius 3 is 2.29 bits per heavy atom. The van der Waals surface area contributed by atoms with Gasteiger partial charge in [-0.25, -0.2) is 0 Å². The average molecular weight is 224 g/mol. The first-order chi connectivity index (χ1) is 8.24. The molecular formula is C16H16O. The quantitative estimate of drug-likeness (QED) is 0.754. The van der Waals surface area contributed by atoms with Crippen LogP contribution in [-0.2, 0) is 0 Å². The molecule has 0 aliphatic rings. The maximum absolute atomic E-state index is 5.16. The lowest BCUT2D eigenvalue weighted by molar-refractivity contribution is 0.415. The van der Waals surface area contributed by atoms with Gasteiger partial charge in [0.15, 0.2) is 0 Å². The lowest BCUT2D eigenvalue weighted by Crippen LogP contribution is -1.86. The van der Waals surface area contributed by atoms with Crippen LogP contribution in [0.3, 0.4) is 0 Å². The van der Waals surface area contributed by atoms with E-state index in [4.69, 9.17) is 4.74 Å². The van der Waals surface area contributed by atoms with E-state index in [1.165, 1.54) is 16.7 Å². The highest BCUT2D eigenvalue weighted by atomic mass is 16.5. The van der Waals surface area contributed by atoms with Gasteiger partial charge in [0.25, 0.3) is 0 Å². The molecule has 17 heavy (non-hydrogen) atoms. The van der Waals surface area contributed by atoms with Gasteiger partial charge in [0.2, 0.25) is 0 Å². The normalized spacial score (nSPS) is 10.0. The summed E-state index contributed by atoms with van der Waals surface area (Å²) in [6.45, 7) is 5.90. The van der Waals surface area contributed by atoms with Crippen LogP contribution < -0.4 is 4.74 Å². The second-order valence-corrected chi connectivity index (χ2v) is 4.01. The Hall–Kier alpha value is -2.02. The molecule has 0 bridgehead atoms. The minimum atomic E-state index is 0.883. The Balaban J connectivity index is 2.41. The SMILES string of the molecule is C=Cc1ccc(-c2ccc(OC)cc2)c(C)c1. The number of ether oxygens (including phenoxy) is 1. The van der Waals surface area contributed by atoms with Crippen molar-refractivity contribution in [1.29, 1.82) is 0 Å². The molecule has 86 valence electrons.